The van der Waals surface area contributed by atoms with Crippen LogP contribution in [0.5, 0.6) is 0 Å². The van der Waals surface area contributed by atoms with E-state index in [0.29, 0.717) is 6.54 Å². The zero-order valence-electron chi connectivity index (χ0n) is 9.45. The first-order valence-corrected chi connectivity index (χ1v) is 5.64. The van der Waals surface area contributed by atoms with Crippen molar-refractivity contribution in [2.24, 2.45) is 10.9 Å². The van der Waals surface area contributed by atoms with Gasteiger partial charge in [0.1, 0.15) is 0 Å². The summed E-state index contributed by atoms with van der Waals surface area (Å²) in [5.41, 5.74) is 3.34. The van der Waals surface area contributed by atoms with Crippen molar-refractivity contribution in [1.29, 1.82) is 0 Å². The molecule has 17 heavy (non-hydrogen) atoms. The van der Waals surface area contributed by atoms with E-state index in [2.05, 4.69) is 17.2 Å². The van der Waals surface area contributed by atoms with Gasteiger partial charge in [0.05, 0.1) is 11.8 Å². The topological polar surface area (TPSA) is 38.4 Å². The molecule has 3 rings (SSSR count). The molecule has 2 aromatic rings. The highest BCUT2D eigenvalue weighted by Gasteiger charge is 2.33. The van der Waals surface area contributed by atoms with Gasteiger partial charge in [-0.05, 0) is 6.07 Å². The lowest BCUT2D eigenvalue weighted by Gasteiger charge is -2.22. The van der Waals surface area contributed by atoms with Crippen molar-refractivity contribution in [3.05, 3.63) is 65.7 Å². The quantitative estimate of drug-likeness (QED) is 0.617. The van der Waals surface area contributed by atoms with Crippen LogP contribution in [-0.4, -0.2) is 6.21 Å². The highest BCUT2D eigenvalue weighted by molar-refractivity contribution is 5.90. The molecule has 1 aliphatic heterocycles. The Labute approximate surface area is 100 Å². The molecule has 84 valence electrons. The molecule has 0 aromatic heterocycles. The summed E-state index contributed by atoms with van der Waals surface area (Å²) in [7, 11) is 0. The van der Waals surface area contributed by atoms with Gasteiger partial charge in [0.15, 0.2) is 12.2 Å². The maximum atomic E-state index is 6.34. The van der Waals surface area contributed by atoms with Crippen LogP contribution < -0.4 is 10.5 Å². The molecule has 0 aliphatic carbocycles. The molecule has 1 atom stereocenters. The van der Waals surface area contributed by atoms with E-state index in [0.717, 1.165) is 11.3 Å². The first-order valence-electron chi connectivity index (χ1n) is 5.64. The molecule has 0 fully saturated rings. The first-order chi connectivity index (χ1) is 8.28. The summed E-state index contributed by atoms with van der Waals surface area (Å²) < 4.78 is 0.111. The second-order valence-corrected chi connectivity index (χ2v) is 4.27. The summed E-state index contributed by atoms with van der Waals surface area (Å²) in [5, 5.41) is 4.42. The highest BCUT2D eigenvalue weighted by atomic mass is 15.8. The number of benzene rings is 2. The first kappa shape index (κ1) is 10.2. The van der Waals surface area contributed by atoms with Crippen LogP contribution in [0.25, 0.3) is 0 Å². The minimum Gasteiger partial charge on any atom is -0.148 e. The van der Waals surface area contributed by atoms with E-state index in [1.54, 1.807) is 0 Å². The predicted molar refractivity (Wildman–Crippen MR) is 70.2 cm³/mol. The Kier molecular flexibility index (Phi) is 2.28. The third-order valence-corrected chi connectivity index (χ3v) is 3.02. The number of fused-ring (bicyclic) bond motifs is 1. The molecule has 1 unspecified atom stereocenters. The standard InChI is InChI=1S/C14H14N3/c15-17(11-12-6-2-1-3-7-12)14-9-5-4-8-13(14)10-16-17/h1-10H,11,15H2/q+1. The molecule has 0 saturated heterocycles. The SMILES string of the molecule is N[N+]1(Cc2ccccc2)N=Cc2ccccc21. The third kappa shape index (κ3) is 1.75. The van der Waals surface area contributed by atoms with E-state index in [-0.39, 0.29) is 4.70 Å². The van der Waals surface area contributed by atoms with Gasteiger partial charge in [-0.15, -0.1) is 5.84 Å². The van der Waals surface area contributed by atoms with Crippen LogP contribution in [0.1, 0.15) is 11.1 Å². The molecule has 0 saturated carbocycles. The minimum absolute atomic E-state index is 0.111. The predicted octanol–water partition coefficient (Wildman–Crippen LogP) is 2.42. The largest absolute Gasteiger partial charge is 0.188 e. The number of hydrogen-bond acceptors (Lipinski definition) is 2. The normalized spacial score (nSPS) is 21.5. The fourth-order valence-electron chi connectivity index (χ4n) is 2.16. The summed E-state index contributed by atoms with van der Waals surface area (Å²) in [6.45, 7) is 0.675. The Bertz CT molecular complexity index is 563. The Morgan fingerprint density at radius 2 is 1.65 bits per heavy atom. The van der Waals surface area contributed by atoms with Crippen LogP contribution in [-0.2, 0) is 6.54 Å². The molecule has 0 amide bonds. The minimum atomic E-state index is 0.111. The van der Waals surface area contributed by atoms with Crippen LogP contribution >= 0.6 is 0 Å². The lowest BCUT2D eigenvalue weighted by atomic mass is 10.1. The van der Waals surface area contributed by atoms with E-state index < -0.39 is 0 Å². The second-order valence-electron chi connectivity index (χ2n) is 4.27. The average molecular weight is 224 g/mol. The van der Waals surface area contributed by atoms with E-state index in [4.69, 9.17) is 5.84 Å². The Hall–Kier alpha value is -1.97. The summed E-state index contributed by atoms with van der Waals surface area (Å²) in [6, 6.07) is 18.3. The van der Waals surface area contributed by atoms with Crippen LogP contribution in [0.3, 0.4) is 0 Å². The number of quaternary nitrogens is 1. The molecular formula is C14H14N3+. The lowest BCUT2D eigenvalue weighted by molar-refractivity contribution is 0.295. The van der Waals surface area contributed by atoms with Crippen LogP contribution in [0.15, 0.2) is 59.7 Å². The monoisotopic (exact) mass is 224 g/mol. The Morgan fingerprint density at radius 3 is 2.47 bits per heavy atom. The molecule has 3 nitrogen and oxygen atoms in total. The van der Waals surface area contributed by atoms with Crippen LogP contribution in [0, 0.1) is 0 Å². The number of para-hydroxylation sites is 1. The summed E-state index contributed by atoms with van der Waals surface area (Å²) in [6.07, 6.45) is 1.85. The fraction of sp³-hybridized carbons (Fsp3) is 0.0714. The zero-order valence-corrected chi connectivity index (χ0v) is 9.45. The summed E-state index contributed by atoms with van der Waals surface area (Å²) >= 11 is 0. The van der Waals surface area contributed by atoms with E-state index in [1.807, 2.05) is 48.7 Å². The molecule has 2 aromatic carbocycles. The molecular weight excluding hydrogens is 210 g/mol. The van der Waals surface area contributed by atoms with Crippen molar-refractivity contribution in [3.63, 3.8) is 0 Å². The summed E-state index contributed by atoms with van der Waals surface area (Å²) in [4.78, 5) is 0. The van der Waals surface area contributed by atoms with Gasteiger partial charge in [0.25, 0.3) is 0 Å². The van der Waals surface area contributed by atoms with Crippen molar-refractivity contribution in [1.82, 2.24) is 4.70 Å². The second kappa shape index (κ2) is 3.80. The van der Waals surface area contributed by atoms with Crippen LogP contribution in [0.4, 0.5) is 5.69 Å². The van der Waals surface area contributed by atoms with E-state index >= 15 is 0 Å². The zero-order chi connectivity index (χ0) is 11.7. The molecule has 2 N–H and O–H groups in total. The molecule has 0 spiro atoms. The van der Waals surface area contributed by atoms with Gasteiger partial charge >= 0.3 is 0 Å². The van der Waals surface area contributed by atoms with Crippen molar-refractivity contribution < 1.29 is 0 Å². The lowest BCUT2D eigenvalue weighted by Crippen LogP contribution is -2.48. The average Bonchev–Trinajstić information content (AvgIpc) is 2.69. The van der Waals surface area contributed by atoms with Crippen molar-refractivity contribution in [3.8, 4) is 0 Å². The van der Waals surface area contributed by atoms with Gasteiger partial charge in [-0.1, -0.05) is 52.3 Å². The van der Waals surface area contributed by atoms with Gasteiger partial charge in [0.2, 0.25) is 0 Å². The fourth-order valence-corrected chi connectivity index (χ4v) is 2.16. The molecule has 0 radical (unpaired) electrons. The number of nitrogens with two attached hydrogens (primary N) is 1. The van der Waals surface area contributed by atoms with Crippen LogP contribution in [0.2, 0.25) is 0 Å². The molecule has 1 heterocycles. The molecule has 3 heteroatoms. The maximum Gasteiger partial charge on any atom is 0.188 e. The Balaban J connectivity index is 1.97. The third-order valence-electron chi connectivity index (χ3n) is 3.02. The number of rotatable bonds is 2. The van der Waals surface area contributed by atoms with Crippen molar-refractivity contribution >= 4 is 11.9 Å². The molecule has 0 bridgehead atoms. The number of nitrogens with zero attached hydrogens (tertiary/aromatic N) is 2. The van der Waals surface area contributed by atoms with Crippen molar-refractivity contribution in [2.45, 2.75) is 6.54 Å². The van der Waals surface area contributed by atoms with E-state index in [9.17, 15) is 0 Å². The van der Waals surface area contributed by atoms with Crippen molar-refractivity contribution in [2.75, 3.05) is 0 Å². The highest BCUT2D eigenvalue weighted by Crippen LogP contribution is 2.30. The molecule has 1 aliphatic rings. The Morgan fingerprint density at radius 1 is 0.941 bits per heavy atom. The van der Waals surface area contributed by atoms with Gasteiger partial charge in [0, 0.05) is 11.6 Å². The van der Waals surface area contributed by atoms with Gasteiger partial charge in [-0.25, -0.2) is 0 Å². The van der Waals surface area contributed by atoms with Gasteiger partial charge < -0.3 is 0 Å². The smallest absolute Gasteiger partial charge is 0.148 e. The van der Waals surface area contributed by atoms with Gasteiger partial charge in [-0.2, -0.15) is 0 Å². The summed E-state index contributed by atoms with van der Waals surface area (Å²) in [5.74, 6) is 6.34. The maximum absolute atomic E-state index is 6.34. The number of hydrogen-bond donors (Lipinski definition) is 1. The van der Waals surface area contributed by atoms with E-state index in [1.165, 1.54) is 5.56 Å². The van der Waals surface area contributed by atoms with Gasteiger partial charge in [-0.3, -0.25) is 0 Å².